The van der Waals surface area contributed by atoms with Crippen LogP contribution >= 0.6 is 7.14 Å². The maximum absolute atomic E-state index is 11.7. The van der Waals surface area contributed by atoms with Crippen molar-refractivity contribution in [3.05, 3.63) is 33.1 Å². The summed E-state index contributed by atoms with van der Waals surface area (Å²) < 4.78 is 18.5. The zero-order valence-electron chi connectivity index (χ0n) is 11.5. The number of ether oxygens (including phenoxy) is 1. The Hall–Kier alpha value is -1.17. The molecular formula is C12H19N2O5P. The van der Waals surface area contributed by atoms with Gasteiger partial charge < -0.3 is 14.4 Å². The number of nitrogens with zero attached hydrogens (tertiary/aromatic N) is 1. The number of nitrogens with one attached hydrogen (secondary N) is 1. The van der Waals surface area contributed by atoms with Crippen molar-refractivity contribution < 1.29 is 14.4 Å². The maximum Gasteiger partial charge on any atom is 0.328 e. The Morgan fingerprint density at radius 2 is 2.15 bits per heavy atom. The average molecular weight is 302 g/mol. The molecule has 0 bridgehead atoms. The second-order valence-corrected chi connectivity index (χ2v) is 9.02. The minimum atomic E-state index is -2.30. The van der Waals surface area contributed by atoms with Crippen LogP contribution in [-0.4, -0.2) is 46.5 Å². The zero-order chi connectivity index (χ0) is 14.9. The smallest absolute Gasteiger partial charge is 0.328 e. The van der Waals surface area contributed by atoms with Crippen molar-refractivity contribution in [1.82, 2.24) is 9.55 Å². The van der Waals surface area contributed by atoms with Crippen LogP contribution in [0.15, 0.2) is 21.9 Å². The molecular weight excluding hydrogens is 283 g/mol. The van der Waals surface area contributed by atoms with E-state index in [0.29, 0.717) is 12.8 Å². The molecule has 1 aromatic heterocycles. The maximum atomic E-state index is 11.7. The summed E-state index contributed by atoms with van der Waals surface area (Å²) in [6, 6.07) is 1.04. The number of rotatable bonds is 4. The van der Waals surface area contributed by atoms with Gasteiger partial charge in [-0.3, -0.25) is 14.3 Å². The summed E-state index contributed by atoms with van der Waals surface area (Å²) in [5, 5.41) is 9.96. The van der Waals surface area contributed by atoms with Crippen molar-refractivity contribution in [2.75, 3.05) is 19.7 Å². The predicted molar refractivity (Wildman–Crippen MR) is 74.8 cm³/mol. The fourth-order valence-corrected chi connectivity index (χ4v) is 2.90. The first-order valence-electron chi connectivity index (χ1n) is 6.41. The third kappa shape index (κ3) is 3.69. The molecule has 3 atom stereocenters. The molecule has 2 rings (SSSR count). The molecule has 1 aliphatic carbocycles. The van der Waals surface area contributed by atoms with E-state index in [0.717, 1.165) is 0 Å². The SMILES string of the molecule is CP(C)(=O)CO[C@@H]1C[C@H](n2ccc(=O)[nH]c2=O)CC1O. The van der Waals surface area contributed by atoms with Crippen molar-refractivity contribution >= 4 is 7.14 Å². The molecule has 1 fully saturated rings. The van der Waals surface area contributed by atoms with Crippen LogP contribution in [0.2, 0.25) is 0 Å². The Kier molecular flexibility index (Phi) is 4.32. The van der Waals surface area contributed by atoms with Crippen LogP contribution < -0.4 is 11.2 Å². The second-order valence-electron chi connectivity index (χ2n) is 5.62. The highest BCUT2D eigenvalue weighted by Crippen LogP contribution is 2.39. The lowest BCUT2D eigenvalue weighted by atomic mass is 10.2. The van der Waals surface area contributed by atoms with Gasteiger partial charge in [-0.2, -0.15) is 0 Å². The number of aliphatic hydroxyl groups excluding tert-OH is 1. The van der Waals surface area contributed by atoms with E-state index in [-0.39, 0.29) is 12.4 Å². The Morgan fingerprint density at radius 3 is 2.75 bits per heavy atom. The summed E-state index contributed by atoms with van der Waals surface area (Å²) in [6.45, 7) is 3.25. The molecule has 1 aliphatic rings. The first-order valence-corrected chi connectivity index (χ1v) is 9.20. The van der Waals surface area contributed by atoms with Crippen LogP contribution in [0.4, 0.5) is 0 Å². The number of hydrogen-bond acceptors (Lipinski definition) is 5. The molecule has 1 aromatic rings. The van der Waals surface area contributed by atoms with Crippen molar-refractivity contribution in [2.45, 2.75) is 31.1 Å². The lowest BCUT2D eigenvalue weighted by Crippen LogP contribution is -2.31. The molecule has 8 heteroatoms. The minimum Gasteiger partial charge on any atom is -0.390 e. The average Bonchev–Trinajstić information content (AvgIpc) is 2.67. The lowest BCUT2D eigenvalue weighted by molar-refractivity contribution is 0.000402. The lowest BCUT2D eigenvalue weighted by Gasteiger charge is -2.17. The van der Waals surface area contributed by atoms with Gasteiger partial charge in [-0.25, -0.2) is 4.79 Å². The standard InChI is InChI=1S/C12H19N2O5P/c1-20(2,18)7-19-10-6-8(5-9(10)15)14-4-3-11(16)13-12(14)17/h3-4,8-10,15H,5-7H2,1-2H3,(H,13,16,17)/t8-,9?,10-/m1/s1. The monoisotopic (exact) mass is 302 g/mol. The molecule has 20 heavy (non-hydrogen) atoms. The molecule has 0 aliphatic heterocycles. The van der Waals surface area contributed by atoms with Crippen LogP contribution in [0, 0.1) is 0 Å². The molecule has 0 radical (unpaired) electrons. The summed E-state index contributed by atoms with van der Waals surface area (Å²) in [5.74, 6) is 0. The molecule has 112 valence electrons. The van der Waals surface area contributed by atoms with E-state index in [1.165, 1.54) is 16.8 Å². The van der Waals surface area contributed by atoms with Crippen LogP contribution in [-0.2, 0) is 9.30 Å². The van der Waals surface area contributed by atoms with Crippen molar-refractivity contribution in [1.29, 1.82) is 0 Å². The third-order valence-corrected chi connectivity index (χ3v) is 4.06. The van der Waals surface area contributed by atoms with Gasteiger partial charge in [-0.1, -0.05) is 0 Å². The third-order valence-electron chi connectivity index (χ3n) is 3.29. The van der Waals surface area contributed by atoms with Gasteiger partial charge in [0.2, 0.25) is 0 Å². The van der Waals surface area contributed by atoms with Crippen molar-refractivity contribution in [2.24, 2.45) is 0 Å². The summed E-state index contributed by atoms with van der Waals surface area (Å²) in [5.41, 5.74) is -0.942. The number of aliphatic hydroxyl groups is 1. The Morgan fingerprint density at radius 1 is 1.45 bits per heavy atom. The highest BCUT2D eigenvalue weighted by Gasteiger charge is 2.35. The Balaban J connectivity index is 2.08. The molecule has 1 heterocycles. The van der Waals surface area contributed by atoms with Gasteiger partial charge in [0.15, 0.2) is 0 Å². The van der Waals surface area contributed by atoms with Crippen LogP contribution in [0.5, 0.6) is 0 Å². The molecule has 0 saturated heterocycles. The van der Waals surface area contributed by atoms with Crippen LogP contribution in [0.25, 0.3) is 0 Å². The molecule has 7 nitrogen and oxygen atoms in total. The van der Waals surface area contributed by atoms with E-state index in [4.69, 9.17) is 4.74 Å². The molecule has 2 N–H and O–H groups in total. The van der Waals surface area contributed by atoms with Gasteiger partial charge in [0, 0.05) is 18.3 Å². The van der Waals surface area contributed by atoms with Crippen molar-refractivity contribution in [3.63, 3.8) is 0 Å². The van der Waals surface area contributed by atoms with Gasteiger partial charge in [0.05, 0.1) is 18.6 Å². The summed E-state index contributed by atoms with van der Waals surface area (Å²) in [7, 11) is -2.30. The fraction of sp³-hybridized carbons (Fsp3) is 0.667. The largest absolute Gasteiger partial charge is 0.390 e. The highest BCUT2D eigenvalue weighted by atomic mass is 31.2. The molecule has 0 amide bonds. The molecule has 1 saturated carbocycles. The van der Waals surface area contributed by atoms with Crippen LogP contribution in [0.1, 0.15) is 18.9 Å². The van der Waals surface area contributed by atoms with E-state index < -0.39 is 30.6 Å². The number of aromatic amines is 1. The zero-order valence-corrected chi connectivity index (χ0v) is 12.4. The van der Waals surface area contributed by atoms with E-state index >= 15 is 0 Å². The number of H-pyrrole nitrogens is 1. The first-order chi connectivity index (χ1) is 9.26. The minimum absolute atomic E-state index is 0.113. The number of hydrogen-bond donors (Lipinski definition) is 2. The highest BCUT2D eigenvalue weighted by molar-refractivity contribution is 7.62. The van der Waals surface area contributed by atoms with Gasteiger partial charge in [-0.15, -0.1) is 0 Å². The number of aromatic nitrogens is 2. The normalized spacial score (nSPS) is 26.9. The topological polar surface area (TPSA) is 101 Å². The fourth-order valence-electron chi connectivity index (χ4n) is 2.35. The molecule has 1 unspecified atom stereocenters. The summed E-state index contributed by atoms with van der Waals surface area (Å²) in [6.07, 6.45) is 1.21. The first kappa shape index (κ1) is 15.2. The van der Waals surface area contributed by atoms with E-state index in [1.54, 1.807) is 13.3 Å². The van der Waals surface area contributed by atoms with E-state index in [1.807, 2.05) is 0 Å². The second kappa shape index (κ2) is 5.68. The molecule has 0 aromatic carbocycles. The van der Waals surface area contributed by atoms with Crippen molar-refractivity contribution in [3.8, 4) is 0 Å². The summed E-state index contributed by atoms with van der Waals surface area (Å²) in [4.78, 5) is 24.9. The van der Waals surface area contributed by atoms with Gasteiger partial charge >= 0.3 is 5.69 Å². The summed E-state index contributed by atoms with van der Waals surface area (Å²) >= 11 is 0. The quantitative estimate of drug-likeness (QED) is 0.774. The van der Waals surface area contributed by atoms with Crippen LogP contribution in [0.3, 0.4) is 0 Å². The Labute approximate surface area is 116 Å². The predicted octanol–water partition coefficient (Wildman–Crippen LogP) is 0.198. The van der Waals surface area contributed by atoms with Gasteiger partial charge in [0.1, 0.15) is 7.14 Å². The van der Waals surface area contributed by atoms with E-state index in [9.17, 15) is 19.3 Å². The van der Waals surface area contributed by atoms with E-state index in [2.05, 4.69) is 4.98 Å². The van der Waals surface area contributed by atoms with Gasteiger partial charge in [-0.05, 0) is 26.2 Å². The van der Waals surface area contributed by atoms with Gasteiger partial charge in [0.25, 0.3) is 5.56 Å². The molecule has 0 spiro atoms. The Bertz CT molecular complexity index is 631.